The monoisotopic (exact) mass is 300 g/mol. The number of nitrogens with zero attached hydrogens (tertiary/aromatic N) is 2. The molecule has 2 aromatic heterocycles. The molecule has 5 nitrogen and oxygen atoms in total. The summed E-state index contributed by atoms with van der Waals surface area (Å²) in [6.07, 6.45) is 3.22. The van der Waals surface area contributed by atoms with E-state index in [1.807, 2.05) is 0 Å². The van der Waals surface area contributed by atoms with E-state index in [4.69, 9.17) is 9.52 Å². The van der Waals surface area contributed by atoms with E-state index in [-0.39, 0.29) is 5.76 Å². The number of halogens is 1. The Kier molecular flexibility index (Phi) is 3.25. The van der Waals surface area contributed by atoms with Gasteiger partial charge in [-0.05, 0) is 39.8 Å². The van der Waals surface area contributed by atoms with Crippen LogP contribution in [0.2, 0.25) is 0 Å². The molecule has 0 aliphatic carbocycles. The third kappa shape index (κ3) is 2.61. The van der Waals surface area contributed by atoms with Crippen molar-refractivity contribution in [3.8, 4) is 0 Å². The highest BCUT2D eigenvalue weighted by molar-refractivity contribution is 9.10. The lowest BCUT2D eigenvalue weighted by Crippen LogP contribution is -1.91. The summed E-state index contributed by atoms with van der Waals surface area (Å²) in [6.45, 7) is 0. The van der Waals surface area contributed by atoms with Crippen LogP contribution in [0.3, 0.4) is 0 Å². The predicted molar refractivity (Wildman–Crippen MR) is 59.5 cm³/mol. The molecule has 0 aliphatic heterocycles. The Hall–Kier alpha value is -1.34. The number of aromatic nitrogens is 2. The zero-order valence-electron chi connectivity index (χ0n) is 7.75. The molecule has 0 atom stereocenters. The molecule has 0 fully saturated rings. The summed E-state index contributed by atoms with van der Waals surface area (Å²) in [5.74, 6) is -1.19. The van der Waals surface area contributed by atoms with E-state index in [2.05, 4.69) is 25.9 Å². The highest BCUT2D eigenvalue weighted by Gasteiger charge is 2.10. The normalized spacial score (nSPS) is 10.3. The van der Waals surface area contributed by atoms with E-state index < -0.39 is 5.97 Å². The minimum atomic E-state index is -1.09. The van der Waals surface area contributed by atoms with Gasteiger partial charge in [-0.15, -0.1) is 0 Å². The second-order valence-corrected chi connectivity index (χ2v) is 4.60. The van der Waals surface area contributed by atoms with Crippen LogP contribution in [0.4, 0.5) is 0 Å². The molecule has 2 rings (SSSR count). The number of carboxylic acids is 1. The number of carboxylic acid groups (broad SMARTS) is 1. The lowest BCUT2D eigenvalue weighted by molar-refractivity contribution is 0.0656. The number of aromatic carboxylic acids is 1. The first-order chi connectivity index (χ1) is 7.65. The first-order valence-corrected chi connectivity index (χ1v) is 5.74. The fourth-order valence-corrected chi connectivity index (χ4v) is 1.80. The quantitative estimate of drug-likeness (QED) is 0.878. The highest BCUT2D eigenvalue weighted by Crippen LogP contribution is 2.26. The molecule has 0 saturated carbocycles. The molecule has 0 radical (unpaired) electrons. The maximum atomic E-state index is 10.6. The molecule has 0 aliphatic rings. The third-order valence-corrected chi connectivity index (χ3v) is 2.80. The van der Waals surface area contributed by atoms with Gasteiger partial charge in [-0.1, -0.05) is 0 Å². The van der Waals surface area contributed by atoms with E-state index >= 15 is 0 Å². The molecule has 82 valence electrons. The van der Waals surface area contributed by atoms with Gasteiger partial charge in [-0.25, -0.2) is 14.8 Å². The van der Waals surface area contributed by atoms with Crippen LogP contribution in [0.15, 0.2) is 43.7 Å². The van der Waals surface area contributed by atoms with Gasteiger partial charge in [0.1, 0.15) is 0 Å². The van der Waals surface area contributed by atoms with Gasteiger partial charge in [0.25, 0.3) is 0 Å². The summed E-state index contributed by atoms with van der Waals surface area (Å²) in [5.41, 5.74) is 0. The van der Waals surface area contributed by atoms with Gasteiger partial charge in [-0.3, -0.25) is 0 Å². The van der Waals surface area contributed by atoms with Crippen LogP contribution in [0, 0.1) is 0 Å². The van der Waals surface area contributed by atoms with E-state index in [9.17, 15) is 4.79 Å². The van der Waals surface area contributed by atoms with E-state index in [0.29, 0.717) is 10.2 Å². The molecule has 0 saturated heterocycles. The van der Waals surface area contributed by atoms with Crippen LogP contribution in [-0.2, 0) is 0 Å². The molecule has 0 unspecified atom stereocenters. The molecular weight excluding hydrogens is 296 g/mol. The molecule has 0 spiro atoms. The molecule has 16 heavy (non-hydrogen) atoms. The zero-order chi connectivity index (χ0) is 11.5. The van der Waals surface area contributed by atoms with E-state index in [1.54, 1.807) is 18.5 Å². The second kappa shape index (κ2) is 4.67. The van der Waals surface area contributed by atoms with Gasteiger partial charge < -0.3 is 9.52 Å². The minimum absolute atomic E-state index is 0.0976. The van der Waals surface area contributed by atoms with Crippen LogP contribution in [0.25, 0.3) is 0 Å². The molecule has 1 N–H and O–H groups in total. The molecule has 0 aromatic carbocycles. The predicted octanol–water partition coefficient (Wildman–Crippen LogP) is 2.68. The van der Waals surface area contributed by atoms with Crippen molar-refractivity contribution in [2.45, 2.75) is 10.2 Å². The number of carbonyl (C=O) groups is 1. The summed E-state index contributed by atoms with van der Waals surface area (Å²) in [7, 11) is 0. The number of hydrogen-bond acceptors (Lipinski definition) is 5. The van der Waals surface area contributed by atoms with Gasteiger partial charge in [-0.2, -0.15) is 0 Å². The van der Waals surface area contributed by atoms with Crippen LogP contribution in [0.5, 0.6) is 0 Å². The fraction of sp³-hybridized carbons (Fsp3) is 0. The van der Waals surface area contributed by atoms with Gasteiger partial charge in [0.05, 0.1) is 4.47 Å². The number of hydrogen-bond donors (Lipinski definition) is 1. The van der Waals surface area contributed by atoms with Crippen LogP contribution < -0.4 is 0 Å². The van der Waals surface area contributed by atoms with Crippen LogP contribution >= 0.6 is 27.7 Å². The van der Waals surface area contributed by atoms with Crippen LogP contribution in [0.1, 0.15) is 10.6 Å². The Bertz CT molecular complexity index is 512. The topological polar surface area (TPSA) is 76.2 Å². The van der Waals surface area contributed by atoms with Crippen molar-refractivity contribution in [3.05, 3.63) is 34.8 Å². The van der Waals surface area contributed by atoms with Crippen molar-refractivity contribution >= 4 is 33.7 Å². The van der Waals surface area contributed by atoms with Crippen LogP contribution in [-0.4, -0.2) is 21.0 Å². The van der Waals surface area contributed by atoms with Crippen molar-refractivity contribution < 1.29 is 14.3 Å². The SMILES string of the molecule is O=C(O)c1ccc(Sc2ncc(Br)cn2)o1. The Morgan fingerprint density at radius 1 is 1.38 bits per heavy atom. The maximum Gasteiger partial charge on any atom is 0.371 e. The summed E-state index contributed by atoms with van der Waals surface area (Å²) >= 11 is 4.38. The Morgan fingerprint density at radius 2 is 2.06 bits per heavy atom. The van der Waals surface area contributed by atoms with E-state index in [0.717, 1.165) is 16.2 Å². The molecular formula is C9H5BrN2O3S. The number of rotatable bonds is 3. The zero-order valence-corrected chi connectivity index (χ0v) is 10.2. The molecule has 2 aromatic rings. The third-order valence-electron chi connectivity index (χ3n) is 1.58. The summed E-state index contributed by atoms with van der Waals surface area (Å²) in [6, 6.07) is 2.96. The first-order valence-electron chi connectivity index (χ1n) is 4.13. The Balaban J connectivity index is 2.14. The minimum Gasteiger partial charge on any atom is -0.475 e. The second-order valence-electron chi connectivity index (χ2n) is 2.71. The molecule has 7 heteroatoms. The average molecular weight is 301 g/mol. The molecule has 0 bridgehead atoms. The van der Waals surface area contributed by atoms with Gasteiger partial charge in [0.15, 0.2) is 10.2 Å². The van der Waals surface area contributed by atoms with E-state index in [1.165, 1.54) is 6.07 Å². The lowest BCUT2D eigenvalue weighted by atomic mass is 10.5. The van der Waals surface area contributed by atoms with Gasteiger partial charge in [0.2, 0.25) is 5.76 Å². The molecule has 2 heterocycles. The van der Waals surface area contributed by atoms with Crippen molar-refractivity contribution in [2.24, 2.45) is 0 Å². The van der Waals surface area contributed by atoms with Crippen molar-refractivity contribution in [3.63, 3.8) is 0 Å². The standard InChI is InChI=1S/C9H5BrN2O3S/c10-5-3-11-9(12-4-5)16-7-2-1-6(15-7)8(13)14/h1-4H,(H,13,14). The van der Waals surface area contributed by atoms with Crippen molar-refractivity contribution in [1.82, 2.24) is 9.97 Å². The fourth-order valence-electron chi connectivity index (χ4n) is 0.933. The first kappa shape index (κ1) is 11.2. The Labute approximate surface area is 103 Å². The lowest BCUT2D eigenvalue weighted by Gasteiger charge is -1.95. The smallest absolute Gasteiger partial charge is 0.371 e. The summed E-state index contributed by atoms with van der Waals surface area (Å²) < 4.78 is 5.83. The number of furan rings is 1. The van der Waals surface area contributed by atoms with Crippen molar-refractivity contribution in [2.75, 3.05) is 0 Å². The summed E-state index contributed by atoms with van der Waals surface area (Å²) in [4.78, 5) is 18.6. The largest absolute Gasteiger partial charge is 0.475 e. The average Bonchev–Trinajstić information content (AvgIpc) is 2.70. The molecule has 0 amide bonds. The Morgan fingerprint density at radius 3 is 2.62 bits per heavy atom. The van der Waals surface area contributed by atoms with Crippen molar-refractivity contribution in [1.29, 1.82) is 0 Å². The van der Waals surface area contributed by atoms with Gasteiger partial charge in [0, 0.05) is 12.4 Å². The maximum absolute atomic E-state index is 10.6. The van der Waals surface area contributed by atoms with Gasteiger partial charge >= 0.3 is 5.97 Å². The highest BCUT2D eigenvalue weighted by atomic mass is 79.9. The summed E-state index contributed by atoms with van der Waals surface area (Å²) in [5, 5.41) is 9.60.